The van der Waals surface area contributed by atoms with Crippen LogP contribution in [-0.2, 0) is 35.2 Å². The summed E-state index contributed by atoms with van der Waals surface area (Å²) in [6, 6.07) is 0. The van der Waals surface area contributed by atoms with Crippen molar-refractivity contribution < 1.29 is 26.8 Å². The molecule has 0 aromatic heterocycles. The number of aliphatic hydroxyl groups is 1. The molecule has 13 heavy (non-hydrogen) atoms. The van der Waals surface area contributed by atoms with Gasteiger partial charge in [-0.05, 0) is 6.92 Å². The summed E-state index contributed by atoms with van der Waals surface area (Å²) in [6.07, 6.45) is 5.21. The molecule has 0 heterocycles. The molecule has 0 spiro atoms. The number of aliphatic hydroxyl groups excluding tert-OH is 1. The molecule has 1 atom stereocenters. The minimum absolute atomic E-state index is 0. The van der Waals surface area contributed by atoms with Crippen LogP contribution < -0.4 is 0 Å². The van der Waals surface area contributed by atoms with Crippen molar-refractivity contribution in [1.29, 1.82) is 0 Å². The predicted octanol–water partition coefficient (Wildman–Crippen LogP) is 2.76. The third kappa shape index (κ3) is 32.1. The van der Waals surface area contributed by atoms with Gasteiger partial charge in [-0.2, -0.15) is 5.92 Å². The van der Waals surface area contributed by atoms with Crippen molar-refractivity contribution in [2.45, 2.75) is 46.5 Å². The Morgan fingerprint density at radius 1 is 1.23 bits per heavy atom. The van der Waals surface area contributed by atoms with Gasteiger partial charge in [0.25, 0.3) is 0 Å². The van der Waals surface area contributed by atoms with E-state index in [0.29, 0.717) is 5.92 Å². The third-order valence-corrected chi connectivity index (χ3v) is 1.54. The number of rotatable bonds is 4. The predicted molar refractivity (Wildman–Crippen MR) is 60.2 cm³/mol. The van der Waals surface area contributed by atoms with E-state index in [4.69, 9.17) is 5.11 Å². The average Bonchev–Trinajstić information content (AvgIpc) is 2.02. The van der Waals surface area contributed by atoms with Gasteiger partial charge in [0.15, 0.2) is 0 Å². The molecule has 0 aliphatic heterocycles. The van der Waals surface area contributed by atoms with Crippen LogP contribution in [0.2, 0.25) is 0 Å². The van der Waals surface area contributed by atoms with Crippen molar-refractivity contribution in [1.82, 2.24) is 0 Å². The summed E-state index contributed by atoms with van der Waals surface area (Å²) in [4.78, 5) is 0. The first-order chi connectivity index (χ1) is 5.22. The molecule has 3 heteroatoms. The van der Waals surface area contributed by atoms with Crippen molar-refractivity contribution in [3.63, 3.8) is 0 Å². The van der Waals surface area contributed by atoms with Crippen molar-refractivity contribution >= 4 is 13.5 Å². The Morgan fingerprint density at radius 2 is 1.62 bits per heavy atom. The third-order valence-electron chi connectivity index (χ3n) is 1.54. The molecule has 0 radical (unpaired) electrons. The normalized spacial score (nSPS) is 9.92. The fourth-order valence-electron chi connectivity index (χ4n) is 0.697. The van der Waals surface area contributed by atoms with Crippen molar-refractivity contribution in [2.75, 3.05) is 6.61 Å². The molecule has 1 N–H and O–H groups in total. The second-order valence-corrected chi connectivity index (χ2v) is 2.73. The van der Waals surface area contributed by atoms with E-state index in [1.54, 1.807) is 6.92 Å². The van der Waals surface area contributed by atoms with Crippen molar-refractivity contribution in [3.05, 3.63) is 6.92 Å². The molecule has 0 rings (SSSR count). The van der Waals surface area contributed by atoms with Crippen LogP contribution in [0, 0.1) is 12.8 Å². The van der Waals surface area contributed by atoms with Crippen LogP contribution in [0.3, 0.4) is 0 Å². The first-order valence-corrected chi connectivity index (χ1v) is 4.66. The van der Waals surface area contributed by atoms with Gasteiger partial charge < -0.3 is 25.5 Å². The maximum atomic E-state index is 7.57. The number of hydrogen-bond acceptors (Lipinski definition) is 2. The van der Waals surface area contributed by atoms with E-state index >= 15 is 0 Å². The summed E-state index contributed by atoms with van der Waals surface area (Å²) in [5.41, 5.74) is 0. The molecule has 0 aliphatic carbocycles. The van der Waals surface area contributed by atoms with Crippen molar-refractivity contribution in [2.24, 2.45) is 5.92 Å². The van der Waals surface area contributed by atoms with E-state index < -0.39 is 0 Å². The van der Waals surface area contributed by atoms with Gasteiger partial charge in [-0.1, -0.05) is 39.5 Å². The standard InChI is InChI=1S/C8H17.C2H6O.H2S.Ti/c1-4-6-7-8(3)5-2;1-2-3;;/h8H,3-7H2,1-2H3;3H,2H2,1H3;1H2;/q-1;;;+2/p-1. The van der Waals surface area contributed by atoms with E-state index in [1.165, 1.54) is 25.7 Å². The molecule has 0 saturated carbocycles. The SMILES string of the molecule is CCO.[CH2-]C(CC)CCCC.[SH-].[Ti+2]. The first kappa shape index (κ1) is 23.7. The maximum Gasteiger partial charge on any atom is 2.00 e. The number of unbranched alkanes of at least 4 members (excludes halogenated alkanes) is 1. The second kappa shape index (κ2) is 23.1. The summed E-state index contributed by atoms with van der Waals surface area (Å²) in [5, 5.41) is 7.57. The molecule has 1 unspecified atom stereocenters. The Morgan fingerprint density at radius 3 is 1.85 bits per heavy atom. The van der Waals surface area contributed by atoms with Gasteiger partial charge in [0.05, 0.1) is 0 Å². The summed E-state index contributed by atoms with van der Waals surface area (Å²) < 4.78 is 0. The zero-order valence-corrected chi connectivity index (χ0v) is 11.7. The summed E-state index contributed by atoms with van der Waals surface area (Å²) >= 11 is 0. The van der Waals surface area contributed by atoms with Crippen LogP contribution in [-0.4, -0.2) is 11.7 Å². The maximum absolute atomic E-state index is 7.57. The molecule has 0 aliphatic rings. The monoisotopic (exact) mass is 240 g/mol. The van der Waals surface area contributed by atoms with Gasteiger partial charge >= 0.3 is 21.7 Å². The van der Waals surface area contributed by atoms with Crippen LogP contribution in [0.1, 0.15) is 46.5 Å². The molecule has 0 amide bonds. The minimum Gasteiger partial charge on any atom is -0.813 e. The zero-order chi connectivity index (χ0) is 9.11. The Hall–Kier alpha value is 1.02. The van der Waals surface area contributed by atoms with Crippen LogP contribution in [0.5, 0.6) is 0 Å². The van der Waals surface area contributed by atoms with E-state index in [1.807, 2.05) is 0 Å². The molecule has 1 nitrogen and oxygen atoms in total. The molecule has 0 aromatic rings. The fourth-order valence-corrected chi connectivity index (χ4v) is 0.697. The smallest absolute Gasteiger partial charge is 0.813 e. The van der Waals surface area contributed by atoms with E-state index in [9.17, 15) is 0 Å². The summed E-state index contributed by atoms with van der Waals surface area (Å²) in [5.74, 6) is 0.704. The van der Waals surface area contributed by atoms with Crippen LogP contribution in [0.15, 0.2) is 0 Å². The summed E-state index contributed by atoms with van der Waals surface area (Å²) in [7, 11) is 0. The molecule has 0 bridgehead atoms. The van der Waals surface area contributed by atoms with E-state index in [0.717, 1.165) is 0 Å². The zero-order valence-electron chi connectivity index (χ0n) is 9.21. The Balaban J connectivity index is -0.0000000720. The first-order valence-electron chi connectivity index (χ1n) is 4.66. The van der Waals surface area contributed by atoms with Crippen LogP contribution >= 0.6 is 0 Å². The summed E-state index contributed by atoms with van der Waals surface area (Å²) in [6.45, 7) is 10.4. The largest absolute Gasteiger partial charge is 2.00 e. The van der Waals surface area contributed by atoms with Gasteiger partial charge in [0.1, 0.15) is 0 Å². The molecular formula is C10H24OSTi. The molecule has 0 saturated heterocycles. The van der Waals surface area contributed by atoms with E-state index in [-0.39, 0.29) is 41.8 Å². The number of thiol groups is 1. The average molecular weight is 240 g/mol. The van der Waals surface area contributed by atoms with Gasteiger partial charge in [-0.3, -0.25) is 0 Å². The number of hydrogen-bond donors (Lipinski definition) is 1. The Kier molecular flexibility index (Phi) is 42.1. The van der Waals surface area contributed by atoms with Gasteiger partial charge in [-0.15, -0.1) is 0 Å². The van der Waals surface area contributed by atoms with Gasteiger partial charge in [0.2, 0.25) is 0 Å². The van der Waals surface area contributed by atoms with Crippen LogP contribution in [0.4, 0.5) is 0 Å². The molecule has 0 fully saturated rings. The molecular weight excluding hydrogens is 216 g/mol. The molecule has 80 valence electrons. The Labute approximate surface area is 106 Å². The van der Waals surface area contributed by atoms with E-state index in [2.05, 4.69) is 20.8 Å². The quantitative estimate of drug-likeness (QED) is 0.353. The van der Waals surface area contributed by atoms with Crippen LogP contribution in [0.25, 0.3) is 0 Å². The van der Waals surface area contributed by atoms with Gasteiger partial charge in [-0.25, -0.2) is 0 Å². The molecule has 0 aromatic carbocycles. The minimum atomic E-state index is 0. The Bertz CT molecular complexity index is 62.9. The topological polar surface area (TPSA) is 20.2 Å². The fraction of sp³-hybridized carbons (Fsp3) is 0.900. The van der Waals surface area contributed by atoms with Crippen molar-refractivity contribution in [3.8, 4) is 0 Å². The van der Waals surface area contributed by atoms with Gasteiger partial charge in [0, 0.05) is 6.61 Å². The second-order valence-electron chi connectivity index (χ2n) is 2.73.